The molecule has 1 N–H and O–H groups in total. The van der Waals surface area contributed by atoms with Crippen molar-refractivity contribution in [3.8, 4) is 0 Å². The molecule has 0 unspecified atom stereocenters. The molecule has 1 amide bonds. The average molecular weight is 292 g/mol. The highest BCUT2D eigenvalue weighted by Crippen LogP contribution is 2.14. The first-order valence-electron chi connectivity index (χ1n) is 6.75. The highest BCUT2D eigenvalue weighted by atomic mass is 32.2. The fraction of sp³-hybridized carbons (Fsp3) is 0.917. The molecule has 0 aromatic rings. The Labute approximate surface area is 115 Å². The Morgan fingerprint density at radius 3 is 2.47 bits per heavy atom. The van der Waals surface area contributed by atoms with Crippen LogP contribution >= 0.6 is 0 Å². The molecule has 1 aliphatic heterocycles. The lowest BCUT2D eigenvalue weighted by Gasteiger charge is -2.23. The number of ether oxygens (including phenoxy) is 1. The Bertz CT molecular complexity index is 377. The van der Waals surface area contributed by atoms with Crippen LogP contribution in [0.4, 0.5) is 0 Å². The summed E-state index contributed by atoms with van der Waals surface area (Å²) in [6, 6.07) is 0. The minimum absolute atomic E-state index is 0.00612. The van der Waals surface area contributed by atoms with Crippen LogP contribution in [0.2, 0.25) is 0 Å². The van der Waals surface area contributed by atoms with Crippen molar-refractivity contribution in [1.29, 1.82) is 0 Å². The highest BCUT2D eigenvalue weighted by Gasteiger charge is 2.22. The first-order chi connectivity index (χ1) is 8.95. The van der Waals surface area contributed by atoms with E-state index in [0.717, 1.165) is 19.3 Å². The van der Waals surface area contributed by atoms with E-state index in [9.17, 15) is 13.2 Å². The molecule has 0 bridgehead atoms. The maximum absolute atomic E-state index is 11.9. The molecule has 6 nitrogen and oxygen atoms in total. The number of nitrogens with one attached hydrogen (secondary N) is 1. The maximum Gasteiger partial charge on any atom is 0.223 e. The van der Waals surface area contributed by atoms with E-state index in [2.05, 4.69) is 5.32 Å². The molecule has 7 heteroatoms. The van der Waals surface area contributed by atoms with Gasteiger partial charge in [0.05, 0.1) is 6.26 Å². The molecule has 0 atom stereocenters. The molecular weight excluding hydrogens is 268 g/mol. The molecule has 0 aliphatic carbocycles. The van der Waals surface area contributed by atoms with Crippen LogP contribution in [-0.4, -0.2) is 57.7 Å². The molecule has 0 saturated carbocycles. The van der Waals surface area contributed by atoms with Gasteiger partial charge in [0.1, 0.15) is 0 Å². The van der Waals surface area contributed by atoms with Crippen molar-refractivity contribution >= 4 is 15.9 Å². The summed E-state index contributed by atoms with van der Waals surface area (Å²) < 4.78 is 29.6. The number of nitrogens with zero attached hydrogens (tertiary/aromatic N) is 1. The zero-order chi connectivity index (χ0) is 14.3. The van der Waals surface area contributed by atoms with Crippen LogP contribution in [0.15, 0.2) is 0 Å². The summed E-state index contributed by atoms with van der Waals surface area (Å²) in [7, 11) is -3.19. The molecule has 1 rings (SSSR count). The predicted octanol–water partition coefficient (Wildman–Crippen LogP) is 0.201. The SMILES string of the molecule is CCCN(CCNC(=O)C1CCOCC1)S(C)(=O)=O. The lowest BCUT2D eigenvalue weighted by Crippen LogP contribution is -2.41. The van der Waals surface area contributed by atoms with Crippen molar-refractivity contribution in [3.63, 3.8) is 0 Å². The summed E-state index contributed by atoms with van der Waals surface area (Å²) in [4.78, 5) is 11.9. The van der Waals surface area contributed by atoms with Gasteiger partial charge >= 0.3 is 0 Å². The summed E-state index contributed by atoms with van der Waals surface area (Å²) >= 11 is 0. The third-order valence-corrected chi connectivity index (χ3v) is 4.50. The lowest BCUT2D eigenvalue weighted by molar-refractivity contribution is -0.127. The first kappa shape index (κ1) is 16.4. The molecule has 1 aliphatic rings. The van der Waals surface area contributed by atoms with E-state index < -0.39 is 10.0 Å². The van der Waals surface area contributed by atoms with Crippen LogP contribution in [0, 0.1) is 5.92 Å². The predicted molar refractivity (Wildman–Crippen MR) is 73.3 cm³/mol. The van der Waals surface area contributed by atoms with E-state index in [1.54, 1.807) is 0 Å². The Morgan fingerprint density at radius 2 is 1.95 bits per heavy atom. The second-order valence-corrected chi connectivity index (χ2v) is 6.82. The van der Waals surface area contributed by atoms with Gasteiger partial charge in [-0.15, -0.1) is 0 Å². The summed E-state index contributed by atoms with van der Waals surface area (Å²) in [6.45, 7) is 4.38. The Hall–Kier alpha value is -0.660. The standard InChI is InChI=1S/C12H24N2O4S/c1-3-7-14(19(2,16)17)8-6-13-12(15)11-4-9-18-10-5-11/h11H,3-10H2,1-2H3,(H,13,15). The van der Waals surface area contributed by atoms with Crippen molar-refractivity contribution in [3.05, 3.63) is 0 Å². The molecule has 0 aromatic carbocycles. The van der Waals surface area contributed by atoms with Gasteiger partial charge in [0.2, 0.25) is 15.9 Å². The Kier molecular flexibility index (Phi) is 6.74. The average Bonchev–Trinajstić information content (AvgIpc) is 2.37. The molecule has 112 valence electrons. The zero-order valence-corrected chi connectivity index (χ0v) is 12.5. The summed E-state index contributed by atoms with van der Waals surface area (Å²) in [6.07, 6.45) is 3.46. The molecule has 0 aromatic heterocycles. The normalized spacial score (nSPS) is 17.6. The van der Waals surface area contributed by atoms with E-state index in [1.807, 2.05) is 6.92 Å². The van der Waals surface area contributed by atoms with Crippen molar-refractivity contribution in [2.45, 2.75) is 26.2 Å². The number of amides is 1. The van der Waals surface area contributed by atoms with Crippen LogP contribution in [0.5, 0.6) is 0 Å². The van der Waals surface area contributed by atoms with Gasteiger partial charge in [0, 0.05) is 38.8 Å². The molecule has 0 radical (unpaired) electrons. The second kappa shape index (κ2) is 7.81. The summed E-state index contributed by atoms with van der Waals surface area (Å²) in [5.41, 5.74) is 0. The van der Waals surface area contributed by atoms with Gasteiger partial charge in [0.15, 0.2) is 0 Å². The smallest absolute Gasteiger partial charge is 0.223 e. The van der Waals surface area contributed by atoms with Gasteiger partial charge in [-0.2, -0.15) is 0 Å². The van der Waals surface area contributed by atoms with Crippen molar-refractivity contribution in [2.75, 3.05) is 39.1 Å². The largest absolute Gasteiger partial charge is 0.381 e. The highest BCUT2D eigenvalue weighted by molar-refractivity contribution is 7.88. The monoisotopic (exact) mass is 292 g/mol. The number of carbonyl (C=O) groups is 1. The van der Waals surface area contributed by atoms with Crippen LogP contribution < -0.4 is 5.32 Å². The number of hydrogen-bond donors (Lipinski definition) is 1. The minimum Gasteiger partial charge on any atom is -0.381 e. The van der Waals surface area contributed by atoms with Gasteiger partial charge in [-0.25, -0.2) is 12.7 Å². The van der Waals surface area contributed by atoms with Crippen LogP contribution in [0.25, 0.3) is 0 Å². The third-order valence-electron chi connectivity index (χ3n) is 3.19. The number of rotatable bonds is 7. The van der Waals surface area contributed by atoms with Crippen LogP contribution in [-0.2, 0) is 19.6 Å². The van der Waals surface area contributed by atoms with Gasteiger partial charge in [0.25, 0.3) is 0 Å². The molecule has 1 heterocycles. The van der Waals surface area contributed by atoms with E-state index in [-0.39, 0.29) is 11.8 Å². The van der Waals surface area contributed by atoms with E-state index in [4.69, 9.17) is 4.74 Å². The molecular formula is C12H24N2O4S. The van der Waals surface area contributed by atoms with Crippen molar-refractivity contribution in [1.82, 2.24) is 9.62 Å². The molecule has 1 fully saturated rings. The zero-order valence-electron chi connectivity index (χ0n) is 11.7. The van der Waals surface area contributed by atoms with Crippen LogP contribution in [0.3, 0.4) is 0 Å². The van der Waals surface area contributed by atoms with Gasteiger partial charge in [-0.05, 0) is 19.3 Å². The fourth-order valence-corrected chi connectivity index (χ4v) is 3.04. The number of carbonyl (C=O) groups excluding carboxylic acids is 1. The Balaban J connectivity index is 2.33. The second-order valence-electron chi connectivity index (χ2n) is 4.84. The van der Waals surface area contributed by atoms with Gasteiger partial charge < -0.3 is 10.1 Å². The number of hydrogen-bond acceptors (Lipinski definition) is 4. The van der Waals surface area contributed by atoms with Crippen molar-refractivity contribution in [2.24, 2.45) is 5.92 Å². The summed E-state index contributed by atoms with van der Waals surface area (Å²) in [5.74, 6) is 0.0138. The van der Waals surface area contributed by atoms with E-state index >= 15 is 0 Å². The lowest BCUT2D eigenvalue weighted by atomic mass is 9.99. The van der Waals surface area contributed by atoms with Gasteiger partial charge in [-0.1, -0.05) is 6.92 Å². The van der Waals surface area contributed by atoms with E-state index in [1.165, 1.54) is 10.6 Å². The molecule has 1 saturated heterocycles. The topological polar surface area (TPSA) is 75.7 Å². The minimum atomic E-state index is -3.19. The van der Waals surface area contributed by atoms with Crippen molar-refractivity contribution < 1.29 is 17.9 Å². The maximum atomic E-state index is 11.9. The number of sulfonamides is 1. The third kappa shape index (κ3) is 5.88. The quantitative estimate of drug-likeness (QED) is 0.727. The molecule has 0 spiro atoms. The first-order valence-corrected chi connectivity index (χ1v) is 8.60. The molecule has 19 heavy (non-hydrogen) atoms. The summed E-state index contributed by atoms with van der Waals surface area (Å²) in [5, 5.41) is 2.81. The fourth-order valence-electron chi connectivity index (χ4n) is 2.10. The van der Waals surface area contributed by atoms with E-state index in [0.29, 0.717) is 32.8 Å². The van der Waals surface area contributed by atoms with Gasteiger partial charge in [-0.3, -0.25) is 4.79 Å². The van der Waals surface area contributed by atoms with Crippen LogP contribution in [0.1, 0.15) is 26.2 Å². The Morgan fingerprint density at radius 1 is 1.32 bits per heavy atom.